The summed E-state index contributed by atoms with van der Waals surface area (Å²) in [7, 11) is 1.69. The third-order valence-electron chi connectivity index (χ3n) is 3.84. The van der Waals surface area contributed by atoms with Gasteiger partial charge in [-0.25, -0.2) is 0 Å². The molecule has 0 bridgehead atoms. The SMILES string of the molecule is CCOc1cc(/C=C2\SC(=S)N(C)C2=O)cc(I)c1OCc1ccccc1. The van der Waals surface area contributed by atoms with Gasteiger partial charge in [0, 0.05) is 7.05 Å². The van der Waals surface area contributed by atoms with Crippen LogP contribution in [0.4, 0.5) is 0 Å². The summed E-state index contributed by atoms with van der Waals surface area (Å²) < 4.78 is 13.3. The molecule has 7 heteroatoms. The number of rotatable bonds is 6. The molecule has 2 aromatic carbocycles. The molecule has 0 aromatic heterocycles. The number of nitrogens with zero attached hydrogens (tertiary/aromatic N) is 1. The summed E-state index contributed by atoms with van der Waals surface area (Å²) in [6.07, 6.45) is 1.84. The minimum Gasteiger partial charge on any atom is -0.490 e. The Bertz CT molecular complexity index is 900. The van der Waals surface area contributed by atoms with Crippen LogP contribution in [0, 0.1) is 3.57 Å². The van der Waals surface area contributed by atoms with Crippen molar-refractivity contribution in [3.8, 4) is 11.5 Å². The van der Waals surface area contributed by atoms with Gasteiger partial charge in [0.2, 0.25) is 0 Å². The normalized spacial score (nSPS) is 15.5. The van der Waals surface area contributed by atoms with E-state index in [9.17, 15) is 4.79 Å². The van der Waals surface area contributed by atoms with E-state index in [1.54, 1.807) is 7.05 Å². The largest absolute Gasteiger partial charge is 0.490 e. The summed E-state index contributed by atoms with van der Waals surface area (Å²) in [6, 6.07) is 13.9. The van der Waals surface area contributed by atoms with Crippen molar-refractivity contribution < 1.29 is 14.3 Å². The number of carbonyl (C=O) groups is 1. The van der Waals surface area contributed by atoms with E-state index in [0.29, 0.717) is 33.9 Å². The first-order valence-electron chi connectivity index (χ1n) is 8.34. The summed E-state index contributed by atoms with van der Waals surface area (Å²) in [5.41, 5.74) is 1.97. The van der Waals surface area contributed by atoms with Gasteiger partial charge in [-0.05, 0) is 58.9 Å². The molecule has 1 aliphatic heterocycles. The Balaban J connectivity index is 1.88. The maximum Gasteiger partial charge on any atom is 0.265 e. The Labute approximate surface area is 182 Å². The van der Waals surface area contributed by atoms with Gasteiger partial charge in [-0.1, -0.05) is 54.3 Å². The molecular formula is C20H18INO3S2. The van der Waals surface area contributed by atoms with E-state index in [1.807, 2.05) is 55.5 Å². The zero-order valence-electron chi connectivity index (χ0n) is 14.9. The Morgan fingerprint density at radius 3 is 2.59 bits per heavy atom. The van der Waals surface area contributed by atoms with Gasteiger partial charge in [-0.15, -0.1) is 0 Å². The average molecular weight is 511 g/mol. The third kappa shape index (κ3) is 4.83. The molecule has 0 radical (unpaired) electrons. The van der Waals surface area contributed by atoms with Gasteiger partial charge < -0.3 is 9.47 Å². The predicted molar refractivity (Wildman–Crippen MR) is 122 cm³/mol. The maximum atomic E-state index is 12.2. The summed E-state index contributed by atoms with van der Waals surface area (Å²) in [5.74, 6) is 1.29. The fourth-order valence-corrected chi connectivity index (χ4v) is 4.46. The van der Waals surface area contributed by atoms with Crippen LogP contribution < -0.4 is 9.47 Å². The molecule has 1 fully saturated rings. The van der Waals surface area contributed by atoms with Crippen LogP contribution in [0.5, 0.6) is 11.5 Å². The minimum absolute atomic E-state index is 0.0811. The van der Waals surface area contributed by atoms with Gasteiger partial charge in [0.05, 0.1) is 15.1 Å². The van der Waals surface area contributed by atoms with Crippen molar-refractivity contribution in [3.05, 3.63) is 62.1 Å². The number of hydrogen-bond acceptors (Lipinski definition) is 5. The molecule has 4 nitrogen and oxygen atoms in total. The number of thioether (sulfide) groups is 1. The predicted octanol–water partition coefficient (Wildman–Crippen LogP) is 5.10. The number of hydrogen-bond donors (Lipinski definition) is 0. The number of likely N-dealkylation sites (N-methyl/N-ethyl adjacent to an activating group) is 1. The lowest BCUT2D eigenvalue weighted by Gasteiger charge is -2.15. The topological polar surface area (TPSA) is 38.8 Å². The first kappa shape index (κ1) is 20.2. The van der Waals surface area contributed by atoms with Crippen molar-refractivity contribution in [2.24, 2.45) is 0 Å². The van der Waals surface area contributed by atoms with E-state index in [4.69, 9.17) is 21.7 Å². The van der Waals surface area contributed by atoms with Crippen molar-refractivity contribution in [1.29, 1.82) is 0 Å². The summed E-state index contributed by atoms with van der Waals surface area (Å²) in [4.78, 5) is 14.3. The van der Waals surface area contributed by atoms with E-state index in [1.165, 1.54) is 16.7 Å². The third-order valence-corrected chi connectivity index (χ3v) is 6.13. The highest BCUT2D eigenvalue weighted by Crippen LogP contribution is 2.37. The molecule has 0 N–H and O–H groups in total. The minimum atomic E-state index is -0.0811. The van der Waals surface area contributed by atoms with Crippen molar-refractivity contribution >= 4 is 62.9 Å². The lowest BCUT2D eigenvalue weighted by molar-refractivity contribution is -0.121. The first-order chi connectivity index (χ1) is 13.0. The molecule has 27 heavy (non-hydrogen) atoms. The molecule has 0 unspecified atom stereocenters. The molecule has 2 aromatic rings. The summed E-state index contributed by atoms with van der Waals surface area (Å²) in [6.45, 7) is 2.92. The second-order valence-corrected chi connectivity index (χ2v) is 8.62. The van der Waals surface area contributed by atoms with Gasteiger partial charge in [-0.3, -0.25) is 9.69 Å². The molecule has 1 aliphatic rings. The Morgan fingerprint density at radius 2 is 1.96 bits per heavy atom. The lowest BCUT2D eigenvalue weighted by Crippen LogP contribution is -2.22. The van der Waals surface area contributed by atoms with E-state index < -0.39 is 0 Å². The van der Waals surface area contributed by atoms with E-state index in [2.05, 4.69) is 22.6 Å². The Morgan fingerprint density at radius 1 is 1.22 bits per heavy atom. The number of ether oxygens (including phenoxy) is 2. The zero-order valence-corrected chi connectivity index (χ0v) is 18.7. The van der Waals surface area contributed by atoms with Crippen molar-refractivity contribution in [3.63, 3.8) is 0 Å². The molecule has 0 atom stereocenters. The molecule has 0 aliphatic carbocycles. The molecule has 0 saturated carbocycles. The molecule has 3 rings (SSSR count). The van der Waals surface area contributed by atoms with Crippen LogP contribution >= 0.6 is 46.6 Å². The van der Waals surface area contributed by atoms with Crippen LogP contribution in [0.25, 0.3) is 6.08 Å². The van der Waals surface area contributed by atoms with E-state index in [-0.39, 0.29) is 5.91 Å². The molecule has 1 saturated heterocycles. The van der Waals surface area contributed by atoms with Gasteiger partial charge in [0.1, 0.15) is 10.9 Å². The average Bonchev–Trinajstić information content (AvgIpc) is 2.89. The molecular weight excluding hydrogens is 493 g/mol. The highest BCUT2D eigenvalue weighted by Gasteiger charge is 2.28. The number of benzene rings is 2. The number of halogens is 1. The van der Waals surface area contributed by atoms with Crippen molar-refractivity contribution in [1.82, 2.24) is 4.90 Å². The number of thiocarbonyl (C=S) groups is 1. The fraction of sp³-hybridized carbons (Fsp3) is 0.200. The zero-order chi connectivity index (χ0) is 19.4. The molecule has 140 valence electrons. The quantitative estimate of drug-likeness (QED) is 0.307. The van der Waals surface area contributed by atoms with Crippen LogP contribution in [-0.2, 0) is 11.4 Å². The maximum absolute atomic E-state index is 12.2. The van der Waals surface area contributed by atoms with Gasteiger partial charge >= 0.3 is 0 Å². The van der Waals surface area contributed by atoms with Gasteiger partial charge in [-0.2, -0.15) is 0 Å². The molecule has 0 spiro atoms. The van der Waals surface area contributed by atoms with E-state index in [0.717, 1.165) is 14.7 Å². The van der Waals surface area contributed by atoms with Crippen LogP contribution in [-0.4, -0.2) is 28.8 Å². The smallest absolute Gasteiger partial charge is 0.265 e. The summed E-state index contributed by atoms with van der Waals surface area (Å²) >= 11 is 8.73. The van der Waals surface area contributed by atoms with Crippen LogP contribution in [0.1, 0.15) is 18.1 Å². The first-order valence-corrected chi connectivity index (χ1v) is 10.6. The van der Waals surface area contributed by atoms with Gasteiger partial charge in [0.15, 0.2) is 11.5 Å². The standard InChI is InChI=1S/C20H18INO3S2/c1-3-24-16-10-14(11-17-19(23)22(2)20(26)27-17)9-15(21)18(16)25-12-13-7-5-4-6-8-13/h4-11H,3,12H2,1-2H3/b17-11-. The van der Waals surface area contributed by atoms with E-state index >= 15 is 0 Å². The monoisotopic (exact) mass is 511 g/mol. The lowest BCUT2D eigenvalue weighted by atomic mass is 10.1. The Hall–Kier alpha value is -1.58. The number of amides is 1. The molecule has 1 amide bonds. The fourth-order valence-electron chi connectivity index (χ4n) is 2.50. The number of carbonyl (C=O) groups excluding carboxylic acids is 1. The van der Waals surface area contributed by atoms with Gasteiger partial charge in [0.25, 0.3) is 5.91 Å². The highest BCUT2D eigenvalue weighted by atomic mass is 127. The van der Waals surface area contributed by atoms with Crippen molar-refractivity contribution in [2.75, 3.05) is 13.7 Å². The second kappa shape index (κ2) is 9.07. The van der Waals surface area contributed by atoms with Crippen LogP contribution in [0.3, 0.4) is 0 Å². The Kier molecular flexibility index (Phi) is 6.78. The summed E-state index contributed by atoms with van der Waals surface area (Å²) in [5, 5.41) is 0. The van der Waals surface area contributed by atoms with Crippen LogP contribution in [0.2, 0.25) is 0 Å². The van der Waals surface area contributed by atoms with Crippen LogP contribution in [0.15, 0.2) is 47.4 Å². The second-order valence-electron chi connectivity index (χ2n) is 5.78. The highest BCUT2D eigenvalue weighted by molar-refractivity contribution is 14.1. The molecule has 1 heterocycles. The van der Waals surface area contributed by atoms with Crippen molar-refractivity contribution in [2.45, 2.75) is 13.5 Å².